The van der Waals surface area contributed by atoms with Gasteiger partial charge in [-0.2, -0.15) is 0 Å². The van der Waals surface area contributed by atoms with Crippen LogP contribution in [0.2, 0.25) is 0 Å². The van der Waals surface area contributed by atoms with Gasteiger partial charge in [0.2, 0.25) is 11.8 Å². The Morgan fingerprint density at radius 2 is 1.65 bits per heavy atom. The molecule has 0 aromatic carbocycles. The fourth-order valence-electron chi connectivity index (χ4n) is 1.16. The summed E-state index contributed by atoms with van der Waals surface area (Å²) < 4.78 is 21.6. The number of carbonyl (C=O) groups is 2. The van der Waals surface area contributed by atoms with Gasteiger partial charge < -0.3 is 10.6 Å². The second-order valence-corrected chi connectivity index (χ2v) is 6.18. The van der Waals surface area contributed by atoms with E-state index in [1.807, 2.05) is 0 Å². The van der Waals surface area contributed by atoms with Crippen molar-refractivity contribution < 1.29 is 18.0 Å². The Hall–Kier alpha value is -1.11. The van der Waals surface area contributed by atoms with Gasteiger partial charge in [0.25, 0.3) is 0 Å². The molecule has 0 atom stereocenters. The minimum Gasteiger partial charge on any atom is -0.356 e. The Bertz CT molecular complexity index is 351. The average Bonchev–Trinajstić information content (AvgIpc) is 2.14. The summed E-state index contributed by atoms with van der Waals surface area (Å²) in [6.07, 6.45) is 2.37. The fourth-order valence-corrected chi connectivity index (χ4v) is 1.83. The molecular weight excluding hydrogens is 244 g/mol. The minimum absolute atomic E-state index is 0.0340. The summed E-state index contributed by atoms with van der Waals surface area (Å²) in [5.74, 6) is -0.215. The molecule has 0 spiro atoms. The molecule has 7 heteroatoms. The van der Waals surface area contributed by atoms with Crippen molar-refractivity contribution in [3.8, 4) is 0 Å². The van der Waals surface area contributed by atoms with Gasteiger partial charge in [-0.25, -0.2) is 8.42 Å². The van der Waals surface area contributed by atoms with Crippen LogP contribution in [0.1, 0.15) is 26.2 Å². The Morgan fingerprint density at radius 1 is 1.06 bits per heavy atom. The Morgan fingerprint density at radius 3 is 2.18 bits per heavy atom. The van der Waals surface area contributed by atoms with Crippen LogP contribution in [0.15, 0.2) is 0 Å². The van der Waals surface area contributed by atoms with E-state index in [1.165, 1.54) is 6.92 Å². The predicted molar refractivity (Wildman–Crippen MR) is 65.3 cm³/mol. The van der Waals surface area contributed by atoms with Crippen molar-refractivity contribution in [3.63, 3.8) is 0 Å². The van der Waals surface area contributed by atoms with Gasteiger partial charge in [-0.15, -0.1) is 0 Å². The van der Waals surface area contributed by atoms with E-state index in [0.717, 1.165) is 6.26 Å². The summed E-state index contributed by atoms with van der Waals surface area (Å²) in [5.41, 5.74) is 0. The maximum atomic E-state index is 11.2. The first-order valence-corrected chi connectivity index (χ1v) is 7.56. The smallest absolute Gasteiger partial charge is 0.220 e. The van der Waals surface area contributed by atoms with E-state index in [4.69, 9.17) is 0 Å². The van der Waals surface area contributed by atoms with Gasteiger partial charge >= 0.3 is 0 Å². The van der Waals surface area contributed by atoms with Gasteiger partial charge in [0.1, 0.15) is 9.84 Å². The third-order valence-corrected chi connectivity index (χ3v) is 3.00. The normalized spacial score (nSPS) is 10.9. The molecule has 0 aromatic rings. The van der Waals surface area contributed by atoms with Crippen LogP contribution in [0.3, 0.4) is 0 Å². The maximum Gasteiger partial charge on any atom is 0.220 e. The van der Waals surface area contributed by atoms with Crippen molar-refractivity contribution in [3.05, 3.63) is 0 Å². The molecule has 2 N–H and O–H groups in total. The van der Waals surface area contributed by atoms with Gasteiger partial charge in [-0.1, -0.05) is 0 Å². The number of rotatable bonds is 8. The Labute approximate surface area is 102 Å². The average molecular weight is 264 g/mol. The highest BCUT2D eigenvalue weighted by atomic mass is 32.2. The first kappa shape index (κ1) is 15.9. The molecular formula is C10H20N2O4S. The van der Waals surface area contributed by atoms with Crippen molar-refractivity contribution in [1.82, 2.24) is 10.6 Å². The van der Waals surface area contributed by atoms with Crippen LogP contribution >= 0.6 is 0 Å². The number of amides is 2. The summed E-state index contributed by atoms with van der Waals surface area (Å²) in [5, 5.41) is 5.27. The molecule has 0 saturated carbocycles. The highest BCUT2D eigenvalue weighted by Gasteiger charge is 2.05. The quantitative estimate of drug-likeness (QED) is 0.576. The van der Waals surface area contributed by atoms with Gasteiger partial charge in [-0.05, 0) is 12.8 Å². The predicted octanol–water partition coefficient (Wildman–Crippen LogP) is -0.546. The molecule has 0 aromatic heterocycles. The van der Waals surface area contributed by atoms with Crippen LogP contribution in [-0.4, -0.2) is 45.3 Å². The fraction of sp³-hybridized carbons (Fsp3) is 0.800. The summed E-state index contributed by atoms with van der Waals surface area (Å²) in [7, 11) is -2.99. The number of hydrogen-bond donors (Lipinski definition) is 2. The monoisotopic (exact) mass is 264 g/mol. The summed E-state index contributed by atoms with van der Waals surface area (Å²) in [4.78, 5) is 21.8. The molecule has 0 aliphatic rings. The zero-order valence-electron chi connectivity index (χ0n) is 10.3. The van der Waals surface area contributed by atoms with Crippen molar-refractivity contribution in [2.75, 3.05) is 25.1 Å². The highest BCUT2D eigenvalue weighted by molar-refractivity contribution is 7.90. The van der Waals surface area contributed by atoms with Gasteiger partial charge in [0.05, 0.1) is 5.75 Å². The van der Waals surface area contributed by atoms with Crippen molar-refractivity contribution in [2.45, 2.75) is 26.2 Å². The largest absolute Gasteiger partial charge is 0.356 e. The molecule has 0 aliphatic carbocycles. The first-order chi connectivity index (χ1) is 7.81. The van der Waals surface area contributed by atoms with Crippen molar-refractivity contribution >= 4 is 21.7 Å². The molecule has 0 fully saturated rings. The molecule has 6 nitrogen and oxygen atoms in total. The number of hydrogen-bond acceptors (Lipinski definition) is 4. The lowest BCUT2D eigenvalue weighted by Gasteiger charge is -2.05. The molecule has 0 rings (SSSR count). The summed E-state index contributed by atoms with van der Waals surface area (Å²) in [6.45, 7) is 2.45. The van der Waals surface area contributed by atoms with Crippen LogP contribution in [-0.2, 0) is 19.4 Å². The second kappa shape index (κ2) is 8.05. The molecule has 0 bridgehead atoms. The highest BCUT2D eigenvalue weighted by Crippen LogP contribution is 1.94. The van der Waals surface area contributed by atoms with E-state index in [9.17, 15) is 18.0 Å². The number of carbonyl (C=O) groups excluding carboxylic acids is 2. The molecule has 0 saturated heterocycles. The SMILES string of the molecule is CC(=O)NCCCNC(=O)CCCS(C)(=O)=O. The molecule has 0 unspecified atom stereocenters. The van der Waals surface area contributed by atoms with Crippen LogP contribution < -0.4 is 10.6 Å². The van der Waals surface area contributed by atoms with Crippen molar-refractivity contribution in [1.29, 1.82) is 0 Å². The van der Waals surface area contributed by atoms with Gasteiger partial charge in [0, 0.05) is 32.7 Å². The topological polar surface area (TPSA) is 92.3 Å². The van der Waals surface area contributed by atoms with E-state index in [0.29, 0.717) is 25.9 Å². The lowest BCUT2D eigenvalue weighted by Crippen LogP contribution is -2.28. The lowest BCUT2D eigenvalue weighted by molar-refractivity contribution is -0.121. The van der Waals surface area contributed by atoms with E-state index < -0.39 is 9.84 Å². The number of sulfone groups is 1. The molecule has 0 aliphatic heterocycles. The molecule has 2 amide bonds. The van der Waals surface area contributed by atoms with E-state index in [1.54, 1.807) is 0 Å². The van der Waals surface area contributed by atoms with Crippen LogP contribution in [0, 0.1) is 0 Å². The third-order valence-electron chi connectivity index (χ3n) is 1.97. The molecule has 100 valence electrons. The summed E-state index contributed by atoms with van der Waals surface area (Å²) in [6, 6.07) is 0. The summed E-state index contributed by atoms with van der Waals surface area (Å²) >= 11 is 0. The Kier molecular flexibility index (Phi) is 7.53. The number of nitrogens with one attached hydrogen (secondary N) is 2. The van der Waals surface area contributed by atoms with Crippen LogP contribution in [0.5, 0.6) is 0 Å². The van der Waals surface area contributed by atoms with Crippen LogP contribution in [0.25, 0.3) is 0 Å². The van der Waals surface area contributed by atoms with Gasteiger partial charge in [-0.3, -0.25) is 9.59 Å². The zero-order chi connectivity index (χ0) is 13.3. The third kappa shape index (κ3) is 12.8. The minimum atomic E-state index is -2.99. The maximum absolute atomic E-state index is 11.2. The second-order valence-electron chi connectivity index (χ2n) is 3.92. The molecule has 0 heterocycles. The van der Waals surface area contributed by atoms with E-state index >= 15 is 0 Å². The standard InChI is InChI=1S/C10H20N2O4S/c1-9(13)11-6-4-7-12-10(14)5-3-8-17(2,15)16/h3-8H2,1-2H3,(H,11,13)(H,12,14). The Balaban J connectivity index is 3.44. The van der Waals surface area contributed by atoms with E-state index in [2.05, 4.69) is 10.6 Å². The van der Waals surface area contributed by atoms with Crippen LogP contribution in [0.4, 0.5) is 0 Å². The lowest BCUT2D eigenvalue weighted by atomic mass is 10.3. The molecule has 17 heavy (non-hydrogen) atoms. The van der Waals surface area contributed by atoms with Gasteiger partial charge in [0.15, 0.2) is 0 Å². The zero-order valence-corrected chi connectivity index (χ0v) is 11.1. The van der Waals surface area contributed by atoms with E-state index in [-0.39, 0.29) is 24.0 Å². The van der Waals surface area contributed by atoms with Crippen molar-refractivity contribution in [2.24, 2.45) is 0 Å². The first-order valence-electron chi connectivity index (χ1n) is 5.50. The molecule has 0 radical (unpaired) electrons.